The molecule has 1 heterocycles. The van der Waals surface area contributed by atoms with Gasteiger partial charge in [0.15, 0.2) is 0 Å². The molecule has 0 saturated carbocycles. The van der Waals surface area contributed by atoms with E-state index >= 15 is 0 Å². The number of hydrogen-bond donors (Lipinski definition) is 2. The molecule has 4 nitrogen and oxygen atoms in total. The fraction of sp³-hybridized carbons (Fsp3) is 0.125. The van der Waals surface area contributed by atoms with E-state index in [2.05, 4.69) is 28.2 Å². The third kappa shape index (κ3) is 4.37. The van der Waals surface area contributed by atoms with Gasteiger partial charge >= 0.3 is 5.97 Å². The van der Waals surface area contributed by atoms with Gasteiger partial charge in [-0.2, -0.15) is 0 Å². The Labute approximate surface area is 178 Å². The van der Waals surface area contributed by atoms with Crippen LogP contribution in [0.3, 0.4) is 0 Å². The molecule has 1 aromatic heterocycles. The number of rotatable bonds is 7. The lowest BCUT2D eigenvalue weighted by molar-refractivity contribution is 0.0697. The Bertz CT molecular complexity index is 1200. The molecule has 0 unspecified atom stereocenters. The van der Waals surface area contributed by atoms with E-state index in [-0.39, 0.29) is 11.4 Å². The number of aromatic carboxylic acids is 1. The minimum Gasteiger partial charge on any atom is -0.478 e. The second kappa shape index (κ2) is 8.69. The van der Waals surface area contributed by atoms with Gasteiger partial charge in [0.1, 0.15) is 5.82 Å². The molecule has 4 rings (SSSR count). The summed E-state index contributed by atoms with van der Waals surface area (Å²) in [4.78, 5) is 11.0. The van der Waals surface area contributed by atoms with Crippen LogP contribution in [0.5, 0.6) is 0 Å². The minimum absolute atomic E-state index is 0.279. The summed E-state index contributed by atoms with van der Waals surface area (Å²) in [5.74, 6) is -1.27. The average molecular weight is 423 g/mol. The van der Waals surface area contributed by atoms with Gasteiger partial charge in [-0.1, -0.05) is 48.0 Å². The fourth-order valence-corrected chi connectivity index (χ4v) is 3.76. The summed E-state index contributed by atoms with van der Waals surface area (Å²) in [6.45, 7) is 1.84. The van der Waals surface area contributed by atoms with Gasteiger partial charge in [-0.15, -0.1) is 0 Å². The summed E-state index contributed by atoms with van der Waals surface area (Å²) in [5, 5.41) is 14.0. The first-order valence-corrected chi connectivity index (χ1v) is 9.92. The number of para-hydroxylation sites is 1. The van der Waals surface area contributed by atoms with Crippen molar-refractivity contribution in [2.45, 2.75) is 19.6 Å². The topological polar surface area (TPSA) is 54.3 Å². The zero-order chi connectivity index (χ0) is 21.1. The van der Waals surface area contributed by atoms with Crippen LogP contribution in [0.25, 0.3) is 10.9 Å². The number of nitrogens with one attached hydrogen (secondary N) is 1. The molecule has 0 spiro atoms. The number of halogens is 2. The summed E-state index contributed by atoms with van der Waals surface area (Å²) in [6.07, 6.45) is 2.09. The number of carboxylic acid groups (broad SMARTS) is 1. The Morgan fingerprint density at radius 1 is 1.00 bits per heavy atom. The highest BCUT2D eigenvalue weighted by Gasteiger charge is 2.10. The van der Waals surface area contributed by atoms with Crippen LogP contribution in [0.1, 0.15) is 27.0 Å². The summed E-state index contributed by atoms with van der Waals surface area (Å²) >= 11 is 6.22. The van der Waals surface area contributed by atoms with E-state index in [1.54, 1.807) is 18.2 Å². The maximum atomic E-state index is 13.4. The quantitative estimate of drug-likeness (QED) is 0.415. The molecule has 0 atom stereocenters. The van der Waals surface area contributed by atoms with E-state index in [1.807, 2.05) is 24.3 Å². The van der Waals surface area contributed by atoms with Gasteiger partial charge in [0.05, 0.1) is 5.56 Å². The molecule has 0 saturated heterocycles. The molecule has 0 bridgehead atoms. The zero-order valence-electron chi connectivity index (χ0n) is 16.1. The SMILES string of the molecule is O=C(O)c1ccc(CNCc2cn(Cc3ccc(F)cc3Cl)c3ccccc23)cc1. The van der Waals surface area contributed by atoms with E-state index in [4.69, 9.17) is 16.7 Å². The third-order valence-electron chi connectivity index (χ3n) is 5.07. The summed E-state index contributed by atoms with van der Waals surface area (Å²) in [6, 6.07) is 19.5. The van der Waals surface area contributed by atoms with E-state index in [0.29, 0.717) is 24.7 Å². The third-order valence-corrected chi connectivity index (χ3v) is 5.42. The normalized spacial score (nSPS) is 11.1. The van der Waals surface area contributed by atoms with Crippen LogP contribution in [0.4, 0.5) is 4.39 Å². The van der Waals surface area contributed by atoms with Gasteiger partial charge in [0.2, 0.25) is 0 Å². The van der Waals surface area contributed by atoms with Gasteiger partial charge < -0.3 is 15.0 Å². The lowest BCUT2D eigenvalue weighted by Crippen LogP contribution is -2.12. The van der Waals surface area contributed by atoms with E-state index in [0.717, 1.165) is 27.6 Å². The average Bonchev–Trinajstić information content (AvgIpc) is 3.08. The van der Waals surface area contributed by atoms with Crippen molar-refractivity contribution in [3.63, 3.8) is 0 Å². The smallest absolute Gasteiger partial charge is 0.335 e. The minimum atomic E-state index is -0.927. The monoisotopic (exact) mass is 422 g/mol. The lowest BCUT2D eigenvalue weighted by atomic mass is 10.1. The first-order valence-electron chi connectivity index (χ1n) is 9.55. The molecule has 6 heteroatoms. The Balaban J connectivity index is 1.51. The van der Waals surface area contributed by atoms with Gasteiger partial charge in [-0.25, -0.2) is 9.18 Å². The Hall–Kier alpha value is -3.15. The Morgan fingerprint density at radius 3 is 2.50 bits per heavy atom. The highest BCUT2D eigenvalue weighted by atomic mass is 35.5. The molecular weight excluding hydrogens is 403 g/mol. The molecule has 2 N–H and O–H groups in total. The Morgan fingerprint density at radius 2 is 1.77 bits per heavy atom. The van der Waals surface area contributed by atoms with Gasteiger partial charge in [0, 0.05) is 41.8 Å². The molecule has 0 amide bonds. The summed E-state index contributed by atoms with van der Waals surface area (Å²) < 4.78 is 15.5. The Kier molecular flexibility index (Phi) is 5.84. The molecular formula is C24H20ClFN2O2. The molecule has 4 aromatic rings. The number of nitrogens with zero attached hydrogens (tertiary/aromatic N) is 1. The maximum absolute atomic E-state index is 13.4. The molecule has 0 aliphatic rings. The maximum Gasteiger partial charge on any atom is 0.335 e. The van der Waals surface area contributed by atoms with E-state index in [1.165, 1.54) is 12.1 Å². The van der Waals surface area contributed by atoms with Gasteiger partial charge in [0.25, 0.3) is 0 Å². The van der Waals surface area contributed by atoms with Crippen molar-refractivity contribution in [1.29, 1.82) is 0 Å². The number of hydrogen-bond acceptors (Lipinski definition) is 2. The molecule has 152 valence electrons. The molecule has 0 aliphatic heterocycles. The van der Waals surface area contributed by atoms with Crippen LogP contribution < -0.4 is 5.32 Å². The molecule has 0 radical (unpaired) electrons. The van der Waals surface area contributed by atoms with E-state index < -0.39 is 5.97 Å². The van der Waals surface area contributed by atoms with Gasteiger partial charge in [-0.05, 0) is 47.0 Å². The molecule has 3 aromatic carbocycles. The second-order valence-electron chi connectivity index (χ2n) is 7.14. The van der Waals surface area contributed by atoms with Crippen LogP contribution in [0.2, 0.25) is 5.02 Å². The van der Waals surface area contributed by atoms with Crippen molar-refractivity contribution in [2.24, 2.45) is 0 Å². The fourth-order valence-electron chi connectivity index (χ4n) is 3.53. The van der Waals surface area contributed by atoms with Crippen LogP contribution in [-0.4, -0.2) is 15.6 Å². The molecule has 0 fully saturated rings. The van der Waals surface area contributed by atoms with Crippen molar-refractivity contribution < 1.29 is 14.3 Å². The standard InChI is InChI=1S/C24H20ClFN2O2/c25-22-11-20(26)10-9-18(22)14-28-15-19(21-3-1-2-4-23(21)28)13-27-12-16-5-7-17(8-6-16)24(29)30/h1-11,15,27H,12-14H2,(H,29,30). The van der Waals surface area contributed by atoms with Crippen molar-refractivity contribution in [2.75, 3.05) is 0 Å². The highest BCUT2D eigenvalue weighted by molar-refractivity contribution is 6.31. The highest BCUT2D eigenvalue weighted by Crippen LogP contribution is 2.25. The number of carboxylic acids is 1. The zero-order valence-corrected chi connectivity index (χ0v) is 16.9. The van der Waals surface area contributed by atoms with Crippen LogP contribution in [0, 0.1) is 5.82 Å². The number of benzene rings is 3. The number of carbonyl (C=O) groups is 1. The predicted octanol–water partition coefficient (Wildman–Crippen LogP) is 5.47. The van der Waals surface area contributed by atoms with Gasteiger partial charge in [-0.3, -0.25) is 0 Å². The van der Waals surface area contributed by atoms with Crippen LogP contribution in [0.15, 0.2) is 72.9 Å². The lowest BCUT2D eigenvalue weighted by Gasteiger charge is -2.07. The van der Waals surface area contributed by atoms with Crippen molar-refractivity contribution in [3.05, 3.63) is 106 Å². The second-order valence-corrected chi connectivity index (χ2v) is 7.55. The first kappa shape index (κ1) is 20.1. The molecule has 0 aliphatic carbocycles. The largest absolute Gasteiger partial charge is 0.478 e. The molecule has 30 heavy (non-hydrogen) atoms. The van der Waals surface area contributed by atoms with Crippen molar-refractivity contribution >= 4 is 28.5 Å². The van der Waals surface area contributed by atoms with Crippen molar-refractivity contribution in [1.82, 2.24) is 9.88 Å². The van der Waals surface area contributed by atoms with Crippen molar-refractivity contribution in [3.8, 4) is 0 Å². The number of fused-ring (bicyclic) bond motifs is 1. The van der Waals surface area contributed by atoms with E-state index in [9.17, 15) is 9.18 Å². The summed E-state index contributed by atoms with van der Waals surface area (Å²) in [5.41, 5.74) is 4.38. The number of aromatic nitrogens is 1. The predicted molar refractivity (Wildman–Crippen MR) is 116 cm³/mol. The van der Waals surface area contributed by atoms with Crippen LogP contribution in [-0.2, 0) is 19.6 Å². The van der Waals surface area contributed by atoms with Crippen LogP contribution >= 0.6 is 11.6 Å². The summed E-state index contributed by atoms with van der Waals surface area (Å²) in [7, 11) is 0. The first-order chi connectivity index (χ1) is 14.5.